The van der Waals surface area contributed by atoms with Gasteiger partial charge in [-0.25, -0.2) is 10.5 Å². The van der Waals surface area contributed by atoms with E-state index >= 15 is 0 Å². The maximum Gasteiger partial charge on any atom is 0.303 e. The third-order valence-corrected chi connectivity index (χ3v) is 8.30. The molecule has 1 aromatic heterocycles. The van der Waals surface area contributed by atoms with E-state index in [0.717, 1.165) is 37.1 Å². The number of nitrogens with one attached hydrogen (secondary N) is 2. The van der Waals surface area contributed by atoms with Crippen LogP contribution in [0.5, 0.6) is 0 Å². The van der Waals surface area contributed by atoms with E-state index in [1.165, 1.54) is 12.3 Å². The maximum atomic E-state index is 13.9. The van der Waals surface area contributed by atoms with Crippen LogP contribution < -0.4 is 10.8 Å². The number of aromatic nitrogens is 1. The first-order valence-corrected chi connectivity index (χ1v) is 14.1. The first-order valence-electron chi connectivity index (χ1n) is 13.2. The Kier molecular flexibility index (Phi) is 12.1. The normalized spacial score (nSPS) is 19.2. The minimum atomic E-state index is -0.798. The number of hydrogen-bond donors (Lipinski definition) is 3. The Morgan fingerprint density at radius 2 is 1.95 bits per heavy atom. The van der Waals surface area contributed by atoms with Crippen LogP contribution in [0.2, 0.25) is 0 Å². The number of thiazole rings is 1. The molecular formula is C26H43N5O6S. The summed E-state index contributed by atoms with van der Waals surface area (Å²) in [5, 5.41) is 13.8. The van der Waals surface area contributed by atoms with Gasteiger partial charge in [0.25, 0.3) is 5.91 Å². The van der Waals surface area contributed by atoms with E-state index < -0.39 is 24.0 Å². The lowest BCUT2D eigenvalue weighted by molar-refractivity contribution is -0.149. The Hall–Kier alpha value is -2.57. The van der Waals surface area contributed by atoms with Crippen LogP contribution in [-0.2, 0) is 19.1 Å². The average Bonchev–Trinajstić information content (AvgIpc) is 3.38. The van der Waals surface area contributed by atoms with Crippen LogP contribution >= 0.6 is 11.3 Å². The highest BCUT2D eigenvalue weighted by Gasteiger charge is 2.37. The minimum Gasteiger partial charge on any atom is -0.455 e. The van der Waals surface area contributed by atoms with Gasteiger partial charge in [-0.2, -0.15) is 0 Å². The molecule has 0 aromatic carbocycles. The van der Waals surface area contributed by atoms with Gasteiger partial charge in [-0.15, -0.1) is 11.3 Å². The van der Waals surface area contributed by atoms with E-state index in [9.17, 15) is 19.2 Å². The molecule has 38 heavy (non-hydrogen) atoms. The van der Waals surface area contributed by atoms with Crippen molar-refractivity contribution in [1.29, 1.82) is 0 Å². The lowest BCUT2D eigenvalue weighted by atomic mass is 9.92. The Balaban J connectivity index is 2.28. The van der Waals surface area contributed by atoms with E-state index in [2.05, 4.69) is 10.3 Å². The summed E-state index contributed by atoms with van der Waals surface area (Å²) in [5.74, 6) is -1.71. The van der Waals surface area contributed by atoms with Crippen molar-refractivity contribution < 1.29 is 29.1 Å². The molecule has 1 fully saturated rings. The molecule has 12 heteroatoms. The number of hydroxylamine groups is 1. The molecule has 0 bridgehead atoms. The van der Waals surface area contributed by atoms with E-state index in [-0.39, 0.29) is 47.8 Å². The van der Waals surface area contributed by atoms with Gasteiger partial charge < -0.3 is 15.0 Å². The zero-order valence-electron chi connectivity index (χ0n) is 23.5. The molecule has 0 aliphatic carbocycles. The van der Waals surface area contributed by atoms with Gasteiger partial charge in [0.2, 0.25) is 11.8 Å². The number of ether oxygens (including phenoxy) is 1. The number of likely N-dealkylation sites (tertiary alicyclic amines) is 1. The second-order valence-corrected chi connectivity index (χ2v) is 11.4. The van der Waals surface area contributed by atoms with Crippen LogP contribution in [-0.4, -0.2) is 82.4 Å². The van der Waals surface area contributed by atoms with Gasteiger partial charge >= 0.3 is 5.97 Å². The Morgan fingerprint density at radius 3 is 2.50 bits per heavy atom. The lowest BCUT2D eigenvalue weighted by Crippen LogP contribution is -2.58. The molecule has 1 aliphatic heterocycles. The summed E-state index contributed by atoms with van der Waals surface area (Å²) < 4.78 is 5.56. The molecule has 1 saturated heterocycles. The standard InChI is InChI=1S/C26H43N5O6S/c1-8-16(4)22(28-24(34)19-11-9-10-12-30(19)6)26(35)31(7)20(15(2)3)13-21(37-17(5)32)25-27-18(14-38-25)23(33)29-36/h14-16,19-22,36H,8-13H2,1-7H3,(H,28,34)(H,29,33)/t16-,19+,20+,21+,22-/m0/s1. The maximum absolute atomic E-state index is 13.9. The van der Waals surface area contributed by atoms with Crippen molar-refractivity contribution in [3.8, 4) is 0 Å². The van der Waals surface area contributed by atoms with Crippen LogP contribution in [0.1, 0.15) is 88.3 Å². The summed E-state index contributed by atoms with van der Waals surface area (Å²) in [4.78, 5) is 58.7. The molecule has 3 amide bonds. The first-order chi connectivity index (χ1) is 17.9. The number of esters is 1. The minimum absolute atomic E-state index is 0.00223. The smallest absolute Gasteiger partial charge is 0.303 e. The van der Waals surface area contributed by atoms with Gasteiger partial charge in [-0.1, -0.05) is 40.5 Å². The number of amides is 3. The summed E-state index contributed by atoms with van der Waals surface area (Å²) in [7, 11) is 3.65. The predicted octanol–water partition coefficient (Wildman–Crippen LogP) is 2.75. The van der Waals surface area contributed by atoms with Crippen LogP contribution in [0.15, 0.2) is 5.38 Å². The molecule has 11 nitrogen and oxygen atoms in total. The summed E-state index contributed by atoms with van der Waals surface area (Å²) in [6, 6.07) is -1.30. The first kappa shape index (κ1) is 31.6. The van der Waals surface area contributed by atoms with Gasteiger partial charge in [0.1, 0.15) is 16.7 Å². The topological polar surface area (TPSA) is 141 Å². The molecular weight excluding hydrogens is 510 g/mol. The molecule has 0 saturated carbocycles. The van der Waals surface area contributed by atoms with E-state index in [4.69, 9.17) is 9.94 Å². The van der Waals surface area contributed by atoms with E-state index in [0.29, 0.717) is 11.4 Å². The fourth-order valence-electron chi connectivity index (χ4n) is 4.82. The van der Waals surface area contributed by atoms with E-state index in [1.54, 1.807) is 17.4 Å². The molecule has 3 N–H and O–H groups in total. The average molecular weight is 554 g/mol. The molecule has 5 atom stereocenters. The van der Waals surface area contributed by atoms with Crippen LogP contribution in [0.3, 0.4) is 0 Å². The SMILES string of the molecule is CC[C@H](C)[C@H](NC(=O)[C@H]1CCCCN1C)C(=O)N(C)[C@H](C[C@@H](OC(C)=O)c1nc(C(=O)NO)cs1)C(C)C. The van der Waals surface area contributed by atoms with Gasteiger partial charge in [0.05, 0.1) is 6.04 Å². The van der Waals surface area contributed by atoms with Crippen molar-refractivity contribution in [1.82, 2.24) is 25.6 Å². The zero-order valence-corrected chi connectivity index (χ0v) is 24.3. The molecule has 2 heterocycles. The molecule has 0 radical (unpaired) electrons. The second-order valence-electron chi connectivity index (χ2n) is 10.5. The largest absolute Gasteiger partial charge is 0.455 e. The highest BCUT2D eigenvalue weighted by molar-refractivity contribution is 7.09. The van der Waals surface area contributed by atoms with Crippen molar-refractivity contribution in [2.24, 2.45) is 11.8 Å². The van der Waals surface area contributed by atoms with Gasteiger partial charge in [-0.05, 0) is 38.3 Å². The molecule has 0 unspecified atom stereocenters. The molecule has 1 aliphatic rings. The highest BCUT2D eigenvalue weighted by atomic mass is 32.1. The number of nitrogens with zero attached hydrogens (tertiary/aromatic N) is 3. The number of rotatable bonds is 12. The fourth-order valence-corrected chi connectivity index (χ4v) is 5.65. The van der Waals surface area contributed by atoms with Crippen molar-refractivity contribution in [3.63, 3.8) is 0 Å². The lowest BCUT2D eigenvalue weighted by Gasteiger charge is -2.38. The highest BCUT2D eigenvalue weighted by Crippen LogP contribution is 2.31. The summed E-state index contributed by atoms with van der Waals surface area (Å²) in [6.07, 6.45) is 2.97. The fraction of sp³-hybridized carbons (Fsp3) is 0.731. The number of carbonyl (C=O) groups is 4. The zero-order chi connectivity index (χ0) is 28.6. The van der Waals surface area contributed by atoms with Crippen molar-refractivity contribution in [3.05, 3.63) is 16.1 Å². The monoisotopic (exact) mass is 553 g/mol. The summed E-state index contributed by atoms with van der Waals surface area (Å²) in [6.45, 7) is 10.0. The Morgan fingerprint density at radius 1 is 1.26 bits per heavy atom. The van der Waals surface area contributed by atoms with Crippen LogP contribution in [0.25, 0.3) is 0 Å². The third-order valence-electron chi connectivity index (χ3n) is 7.36. The molecule has 214 valence electrons. The predicted molar refractivity (Wildman–Crippen MR) is 144 cm³/mol. The van der Waals surface area contributed by atoms with Crippen molar-refractivity contribution >= 4 is 35.0 Å². The third kappa shape index (κ3) is 8.21. The quantitative estimate of drug-likeness (QED) is 0.204. The van der Waals surface area contributed by atoms with Crippen molar-refractivity contribution in [2.45, 2.75) is 91.0 Å². The number of hydrogen-bond acceptors (Lipinski definition) is 9. The molecule has 1 aromatic rings. The molecule has 2 rings (SSSR count). The van der Waals surface area contributed by atoms with Gasteiger partial charge in [0, 0.05) is 31.8 Å². The van der Waals surface area contributed by atoms with Crippen molar-refractivity contribution in [2.75, 3.05) is 20.6 Å². The van der Waals surface area contributed by atoms with Crippen LogP contribution in [0.4, 0.5) is 0 Å². The summed E-state index contributed by atoms with van der Waals surface area (Å²) in [5.41, 5.74) is 1.55. The second kappa shape index (κ2) is 14.5. The van der Waals surface area contributed by atoms with Gasteiger partial charge in [0.15, 0.2) is 6.10 Å². The van der Waals surface area contributed by atoms with Gasteiger partial charge in [-0.3, -0.25) is 29.3 Å². The summed E-state index contributed by atoms with van der Waals surface area (Å²) >= 11 is 1.13. The Labute approximate surface area is 229 Å². The number of carbonyl (C=O) groups excluding carboxylic acids is 4. The number of piperidine rings is 1. The number of likely N-dealkylation sites (N-methyl/N-ethyl adjacent to an activating group) is 2. The van der Waals surface area contributed by atoms with E-state index in [1.807, 2.05) is 39.6 Å². The molecule has 0 spiro atoms. The Bertz CT molecular complexity index is 970. The van der Waals surface area contributed by atoms with Crippen LogP contribution in [0, 0.1) is 11.8 Å².